The summed E-state index contributed by atoms with van der Waals surface area (Å²) in [5.74, 6) is -0.546. The van der Waals surface area contributed by atoms with Crippen LogP contribution in [0.3, 0.4) is 0 Å². The van der Waals surface area contributed by atoms with E-state index in [1.54, 1.807) is 13.0 Å². The zero-order valence-electron chi connectivity index (χ0n) is 10.1. The van der Waals surface area contributed by atoms with Gasteiger partial charge in [-0.25, -0.2) is 13.2 Å². The van der Waals surface area contributed by atoms with E-state index in [1.807, 2.05) is 0 Å². The number of ether oxygens (including phenoxy) is 1. The number of aryl methyl sites for hydroxylation is 1. The first kappa shape index (κ1) is 14.7. The van der Waals surface area contributed by atoms with Crippen molar-refractivity contribution < 1.29 is 22.7 Å². The van der Waals surface area contributed by atoms with Gasteiger partial charge in [0, 0.05) is 12.8 Å². The smallest absolute Gasteiger partial charge is 0.261 e. The number of hydrogen-bond acceptors (Lipinski definition) is 2. The number of carbonyl (C=O) groups excluding carboxylic acids is 1. The van der Waals surface area contributed by atoms with E-state index in [9.17, 15) is 18.0 Å². The molecule has 1 rings (SSSR count). The molecule has 0 radical (unpaired) electrons. The Balaban J connectivity index is 2.38. The molecule has 0 amide bonds. The van der Waals surface area contributed by atoms with E-state index in [2.05, 4.69) is 4.74 Å². The van der Waals surface area contributed by atoms with Gasteiger partial charge in [0.05, 0.1) is 6.61 Å². The maximum atomic E-state index is 13.0. The highest BCUT2D eigenvalue weighted by atomic mass is 19.3. The van der Waals surface area contributed by atoms with Gasteiger partial charge in [-0.1, -0.05) is 6.07 Å². The third kappa shape index (κ3) is 5.31. The summed E-state index contributed by atoms with van der Waals surface area (Å²) in [6.45, 7) is 1.10. The second-order valence-corrected chi connectivity index (χ2v) is 4.00. The molecular weight excluding hydrogens is 245 g/mol. The zero-order valence-corrected chi connectivity index (χ0v) is 10.1. The fourth-order valence-electron chi connectivity index (χ4n) is 1.49. The van der Waals surface area contributed by atoms with Crippen LogP contribution in [0.25, 0.3) is 0 Å². The normalized spacial score (nSPS) is 10.9. The summed E-state index contributed by atoms with van der Waals surface area (Å²) in [6.07, 6.45) is -2.37. The van der Waals surface area contributed by atoms with Crippen molar-refractivity contribution in [1.82, 2.24) is 0 Å². The van der Waals surface area contributed by atoms with E-state index >= 15 is 0 Å². The largest absolute Gasteiger partial charge is 0.375 e. The Morgan fingerprint density at radius 3 is 2.78 bits per heavy atom. The molecule has 0 saturated heterocycles. The van der Waals surface area contributed by atoms with E-state index in [-0.39, 0.29) is 25.2 Å². The van der Waals surface area contributed by atoms with E-state index < -0.39 is 18.8 Å². The maximum absolute atomic E-state index is 13.0. The molecule has 0 aromatic heterocycles. The quantitative estimate of drug-likeness (QED) is 0.705. The van der Waals surface area contributed by atoms with Gasteiger partial charge >= 0.3 is 0 Å². The van der Waals surface area contributed by atoms with Crippen molar-refractivity contribution in [2.24, 2.45) is 0 Å². The lowest BCUT2D eigenvalue weighted by Gasteiger charge is -2.06. The first-order chi connectivity index (χ1) is 8.49. The first-order valence-corrected chi connectivity index (χ1v) is 5.61. The average Bonchev–Trinajstić information content (AvgIpc) is 2.29. The monoisotopic (exact) mass is 260 g/mol. The van der Waals surface area contributed by atoms with Crippen molar-refractivity contribution in [1.29, 1.82) is 0 Å². The molecule has 0 heterocycles. The Morgan fingerprint density at radius 2 is 2.11 bits per heavy atom. The fraction of sp³-hybridized carbons (Fsp3) is 0.462. The number of ketones is 1. The Hall–Kier alpha value is -1.36. The SMILES string of the molecule is Cc1ccc(F)cc1CC(=O)CCOCC(F)F. The van der Waals surface area contributed by atoms with Crippen LogP contribution in [0, 0.1) is 12.7 Å². The Morgan fingerprint density at radius 1 is 1.39 bits per heavy atom. The number of Topliss-reactive ketones (excluding diaryl/α,β-unsaturated/α-hetero) is 1. The van der Waals surface area contributed by atoms with Crippen molar-refractivity contribution in [3.63, 3.8) is 0 Å². The van der Waals surface area contributed by atoms with Crippen molar-refractivity contribution >= 4 is 5.78 Å². The summed E-state index contributed by atoms with van der Waals surface area (Å²) in [5.41, 5.74) is 1.45. The third-order valence-corrected chi connectivity index (χ3v) is 2.47. The van der Waals surface area contributed by atoms with Crippen LogP contribution < -0.4 is 0 Å². The minimum Gasteiger partial charge on any atom is -0.375 e. The van der Waals surface area contributed by atoms with Gasteiger partial charge in [0.2, 0.25) is 0 Å². The first-order valence-electron chi connectivity index (χ1n) is 5.61. The lowest BCUT2D eigenvalue weighted by atomic mass is 10.0. The predicted molar refractivity (Wildman–Crippen MR) is 61.3 cm³/mol. The summed E-state index contributed by atoms with van der Waals surface area (Å²) in [5, 5.41) is 0. The molecule has 0 bridgehead atoms. The predicted octanol–water partition coefficient (Wildman–Crippen LogP) is 2.92. The van der Waals surface area contributed by atoms with Crippen LogP contribution in [0.2, 0.25) is 0 Å². The molecule has 0 unspecified atom stereocenters. The summed E-state index contributed by atoms with van der Waals surface area (Å²) >= 11 is 0. The van der Waals surface area contributed by atoms with Gasteiger partial charge in [0.15, 0.2) is 0 Å². The summed E-state index contributed by atoms with van der Waals surface area (Å²) < 4.78 is 41.1. The molecule has 1 aromatic rings. The van der Waals surface area contributed by atoms with Crippen molar-refractivity contribution in [3.8, 4) is 0 Å². The number of benzene rings is 1. The molecule has 0 aliphatic heterocycles. The molecule has 2 nitrogen and oxygen atoms in total. The Bertz CT molecular complexity index is 405. The van der Waals surface area contributed by atoms with Gasteiger partial charge in [-0.15, -0.1) is 0 Å². The molecule has 1 aromatic carbocycles. The van der Waals surface area contributed by atoms with E-state index in [0.29, 0.717) is 5.56 Å². The van der Waals surface area contributed by atoms with Gasteiger partial charge in [0.1, 0.15) is 18.2 Å². The topological polar surface area (TPSA) is 26.3 Å². The van der Waals surface area contributed by atoms with Crippen LogP contribution in [0.15, 0.2) is 18.2 Å². The minimum absolute atomic E-state index is 0.0302. The zero-order chi connectivity index (χ0) is 13.5. The van der Waals surface area contributed by atoms with Crippen LogP contribution in [-0.4, -0.2) is 25.4 Å². The molecule has 0 atom stereocenters. The van der Waals surface area contributed by atoms with Gasteiger partial charge in [0.25, 0.3) is 6.43 Å². The number of halogens is 3. The molecular formula is C13H15F3O2. The Labute approximate surface area is 104 Å². The van der Waals surface area contributed by atoms with E-state index in [4.69, 9.17) is 0 Å². The van der Waals surface area contributed by atoms with Crippen LogP contribution in [0.4, 0.5) is 13.2 Å². The molecule has 0 spiro atoms. The molecule has 0 fully saturated rings. The molecule has 5 heteroatoms. The second-order valence-electron chi connectivity index (χ2n) is 4.00. The molecule has 0 aliphatic carbocycles. The van der Waals surface area contributed by atoms with Crippen molar-refractivity contribution in [2.75, 3.05) is 13.2 Å². The maximum Gasteiger partial charge on any atom is 0.261 e. The highest BCUT2D eigenvalue weighted by molar-refractivity contribution is 5.81. The number of hydrogen-bond donors (Lipinski definition) is 0. The van der Waals surface area contributed by atoms with Gasteiger partial charge in [-0.2, -0.15) is 0 Å². The average molecular weight is 260 g/mol. The molecule has 100 valence electrons. The molecule has 0 saturated carbocycles. The number of carbonyl (C=O) groups is 1. The van der Waals surface area contributed by atoms with E-state index in [0.717, 1.165) is 5.56 Å². The van der Waals surface area contributed by atoms with E-state index in [1.165, 1.54) is 12.1 Å². The fourth-order valence-corrected chi connectivity index (χ4v) is 1.49. The van der Waals surface area contributed by atoms with Crippen molar-refractivity contribution in [3.05, 3.63) is 35.1 Å². The lowest BCUT2D eigenvalue weighted by molar-refractivity contribution is -0.119. The van der Waals surface area contributed by atoms with Crippen LogP contribution >= 0.6 is 0 Å². The molecule has 0 aliphatic rings. The van der Waals surface area contributed by atoms with Gasteiger partial charge in [-0.3, -0.25) is 4.79 Å². The minimum atomic E-state index is -2.52. The second kappa shape index (κ2) is 7.16. The number of rotatable bonds is 7. The lowest BCUT2D eigenvalue weighted by Crippen LogP contribution is -2.11. The standard InChI is InChI=1S/C13H15F3O2/c1-9-2-3-11(14)6-10(9)7-12(17)4-5-18-8-13(15)16/h2-3,6,13H,4-5,7-8H2,1H3. The van der Waals surface area contributed by atoms with Gasteiger partial charge < -0.3 is 4.74 Å². The Kier molecular flexibility index (Phi) is 5.85. The highest BCUT2D eigenvalue weighted by Gasteiger charge is 2.08. The third-order valence-electron chi connectivity index (χ3n) is 2.47. The van der Waals surface area contributed by atoms with Crippen molar-refractivity contribution in [2.45, 2.75) is 26.2 Å². The summed E-state index contributed by atoms with van der Waals surface area (Å²) in [7, 11) is 0. The van der Waals surface area contributed by atoms with Crippen LogP contribution in [-0.2, 0) is 16.0 Å². The van der Waals surface area contributed by atoms with Gasteiger partial charge in [-0.05, 0) is 30.2 Å². The molecule has 18 heavy (non-hydrogen) atoms. The molecule has 0 N–H and O–H groups in total. The van der Waals surface area contributed by atoms with Crippen LogP contribution in [0.1, 0.15) is 17.5 Å². The summed E-state index contributed by atoms with van der Waals surface area (Å²) in [4.78, 5) is 11.5. The summed E-state index contributed by atoms with van der Waals surface area (Å²) in [6, 6.07) is 4.24. The number of alkyl halides is 2. The van der Waals surface area contributed by atoms with Crippen LogP contribution in [0.5, 0.6) is 0 Å². The highest BCUT2D eigenvalue weighted by Crippen LogP contribution is 2.12.